The largest absolute Gasteiger partial charge is 0.497 e. The van der Waals surface area contributed by atoms with Gasteiger partial charge in [0.05, 0.1) is 13.7 Å². The molecule has 0 bridgehead atoms. The van der Waals surface area contributed by atoms with E-state index in [9.17, 15) is 4.79 Å². The first-order valence-electron chi connectivity index (χ1n) is 7.95. The summed E-state index contributed by atoms with van der Waals surface area (Å²) in [6.07, 6.45) is 0.170. The van der Waals surface area contributed by atoms with E-state index in [0.717, 1.165) is 17.9 Å². The zero-order chi connectivity index (χ0) is 17.2. The standard InChI is InChI=1S/C19H23NO4/c1-15(24-18-11-9-16(22-2)10-12-18)19(21)20-13-6-14-23-17-7-4-3-5-8-17/h3-5,7-12,15H,6,13-14H2,1-2H3,(H,20,21). The number of methoxy groups -OCH3 is 1. The maximum absolute atomic E-state index is 12.0. The van der Waals surface area contributed by atoms with Crippen LogP contribution in [0, 0.1) is 0 Å². The van der Waals surface area contributed by atoms with Gasteiger partial charge in [-0.15, -0.1) is 0 Å². The molecule has 24 heavy (non-hydrogen) atoms. The molecule has 0 aliphatic heterocycles. The van der Waals surface area contributed by atoms with E-state index in [1.54, 1.807) is 38.3 Å². The first kappa shape index (κ1) is 17.7. The number of carbonyl (C=O) groups is 1. The number of amides is 1. The fourth-order valence-electron chi connectivity index (χ4n) is 2.05. The maximum Gasteiger partial charge on any atom is 0.260 e. The van der Waals surface area contributed by atoms with Crippen molar-refractivity contribution in [2.45, 2.75) is 19.4 Å². The molecule has 0 aromatic heterocycles. The highest BCUT2D eigenvalue weighted by Gasteiger charge is 2.13. The van der Waals surface area contributed by atoms with E-state index in [2.05, 4.69) is 5.32 Å². The number of nitrogens with one attached hydrogen (secondary N) is 1. The van der Waals surface area contributed by atoms with E-state index >= 15 is 0 Å². The third-order valence-electron chi connectivity index (χ3n) is 3.37. The average Bonchev–Trinajstić information content (AvgIpc) is 2.62. The molecule has 0 spiro atoms. The Bertz CT molecular complexity index is 613. The molecule has 5 heteroatoms. The molecule has 0 fully saturated rings. The molecule has 0 saturated carbocycles. The second kappa shape index (κ2) is 9.45. The summed E-state index contributed by atoms with van der Waals surface area (Å²) in [5, 5.41) is 2.84. The molecule has 0 aliphatic carbocycles. The van der Waals surface area contributed by atoms with Crippen LogP contribution in [0.25, 0.3) is 0 Å². The summed E-state index contributed by atoms with van der Waals surface area (Å²) in [4.78, 5) is 12.0. The minimum absolute atomic E-state index is 0.148. The molecule has 1 N–H and O–H groups in total. The summed E-state index contributed by atoms with van der Waals surface area (Å²) in [6, 6.07) is 16.7. The Hall–Kier alpha value is -2.69. The smallest absolute Gasteiger partial charge is 0.260 e. The number of hydrogen-bond acceptors (Lipinski definition) is 4. The lowest BCUT2D eigenvalue weighted by atomic mass is 10.3. The van der Waals surface area contributed by atoms with Crippen molar-refractivity contribution in [3.8, 4) is 17.2 Å². The highest BCUT2D eigenvalue weighted by molar-refractivity contribution is 5.80. The molecule has 1 atom stereocenters. The minimum Gasteiger partial charge on any atom is -0.497 e. The Balaban J connectivity index is 1.64. The zero-order valence-corrected chi connectivity index (χ0v) is 14.0. The number of para-hydroxylation sites is 1. The van der Waals surface area contributed by atoms with E-state index in [-0.39, 0.29) is 5.91 Å². The SMILES string of the molecule is COc1ccc(OC(C)C(=O)NCCCOc2ccccc2)cc1. The number of ether oxygens (including phenoxy) is 3. The van der Waals surface area contributed by atoms with Crippen LogP contribution in [-0.2, 0) is 4.79 Å². The van der Waals surface area contributed by atoms with Crippen molar-refractivity contribution in [1.82, 2.24) is 5.32 Å². The van der Waals surface area contributed by atoms with Gasteiger partial charge in [-0.1, -0.05) is 18.2 Å². The van der Waals surface area contributed by atoms with Crippen LogP contribution >= 0.6 is 0 Å². The van der Waals surface area contributed by atoms with Gasteiger partial charge in [0.1, 0.15) is 17.2 Å². The fourth-order valence-corrected chi connectivity index (χ4v) is 2.05. The van der Waals surface area contributed by atoms with Crippen LogP contribution < -0.4 is 19.5 Å². The van der Waals surface area contributed by atoms with Gasteiger partial charge in [0, 0.05) is 6.54 Å². The van der Waals surface area contributed by atoms with Crippen LogP contribution in [0.15, 0.2) is 54.6 Å². The van der Waals surface area contributed by atoms with Crippen molar-refractivity contribution >= 4 is 5.91 Å². The van der Waals surface area contributed by atoms with E-state index < -0.39 is 6.10 Å². The topological polar surface area (TPSA) is 56.8 Å². The van der Waals surface area contributed by atoms with Crippen molar-refractivity contribution in [2.75, 3.05) is 20.3 Å². The summed E-state index contributed by atoms with van der Waals surface area (Å²) in [5.74, 6) is 2.06. The molecule has 5 nitrogen and oxygen atoms in total. The van der Waals surface area contributed by atoms with Crippen molar-refractivity contribution < 1.29 is 19.0 Å². The van der Waals surface area contributed by atoms with Crippen LogP contribution in [0.5, 0.6) is 17.2 Å². The van der Waals surface area contributed by atoms with Crippen LogP contribution in [0.4, 0.5) is 0 Å². The van der Waals surface area contributed by atoms with Crippen molar-refractivity contribution in [2.24, 2.45) is 0 Å². The lowest BCUT2D eigenvalue weighted by molar-refractivity contribution is -0.127. The fraction of sp³-hybridized carbons (Fsp3) is 0.316. The van der Waals surface area contributed by atoms with E-state index in [4.69, 9.17) is 14.2 Å². The first-order chi connectivity index (χ1) is 11.7. The van der Waals surface area contributed by atoms with Crippen LogP contribution in [0.2, 0.25) is 0 Å². The molecule has 1 unspecified atom stereocenters. The zero-order valence-electron chi connectivity index (χ0n) is 14.0. The Morgan fingerprint density at radius 2 is 1.67 bits per heavy atom. The number of hydrogen-bond donors (Lipinski definition) is 1. The van der Waals surface area contributed by atoms with Crippen LogP contribution in [0.3, 0.4) is 0 Å². The van der Waals surface area contributed by atoms with E-state index in [1.807, 2.05) is 30.3 Å². The van der Waals surface area contributed by atoms with E-state index in [0.29, 0.717) is 18.9 Å². The number of rotatable bonds is 9. The second-order valence-corrected chi connectivity index (χ2v) is 5.24. The molecule has 0 saturated heterocycles. The summed E-state index contributed by atoms with van der Waals surface area (Å²) < 4.78 is 16.3. The predicted molar refractivity (Wildman–Crippen MR) is 92.6 cm³/mol. The molecule has 2 rings (SSSR count). The molecule has 0 radical (unpaired) electrons. The average molecular weight is 329 g/mol. The van der Waals surface area contributed by atoms with Crippen molar-refractivity contribution in [1.29, 1.82) is 0 Å². The lowest BCUT2D eigenvalue weighted by Gasteiger charge is -2.15. The van der Waals surface area contributed by atoms with Gasteiger partial charge in [0.25, 0.3) is 5.91 Å². The first-order valence-corrected chi connectivity index (χ1v) is 7.95. The normalized spacial score (nSPS) is 11.4. The van der Waals surface area contributed by atoms with Gasteiger partial charge in [-0.3, -0.25) is 4.79 Å². The molecular weight excluding hydrogens is 306 g/mol. The van der Waals surface area contributed by atoms with Gasteiger partial charge in [-0.05, 0) is 49.7 Å². The maximum atomic E-state index is 12.0. The highest BCUT2D eigenvalue weighted by atomic mass is 16.5. The second-order valence-electron chi connectivity index (χ2n) is 5.24. The third-order valence-corrected chi connectivity index (χ3v) is 3.37. The Morgan fingerprint density at radius 3 is 2.33 bits per heavy atom. The highest BCUT2D eigenvalue weighted by Crippen LogP contribution is 2.18. The summed E-state index contributed by atoms with van der Waals surface area (Å²) in [7, 11) is 1.60. The quantitative estimate of drug-likeness (QED) is 0.719. The Morgan fingerprint density at radius 1 is 1.00 bits per heavy atom. The summed E-state index contributed by atoms with van der Waals surface area (Å²) in [5.41, 5.74) is 0. The lowest BCUT2D eigenvalue weighted by Crippen LogP contribution is -2.37. The van der Waals surface area contributed by atoms with Crippen molar-refractivity contribution in [3.63, 3.8) is 0 Å². The molecule has 0 aliphatic rings. The number of benzene rings is 2. The van der Waals surface area contributed by atoms with Gasteiger partial charge in [-0.25, -0.2) is 0 Å². The van der Waals surface area contributed by atoms with Gasteiger partial charge in [0.2, 0.25) is 0 Å². The van der Waals surface area contributed by atoms with Crippen LogP contribution in [-0.4, -0.2) is 32.3 Å². The summed E-state index contributed by atoms with van der Waals surface area (Å²) in [6.45, 7) is 2.82. The molecular formula is C19H23NO4. The molecule has 0 heterocycles. The molecule has 2 aromatic rings. The Labute approximate surface area is 142 Å². The van der Waals surface area contributed by atoms with Gasteiger partial charge in [-0.2, -0.15) is 0 Å². The van der Waals surface area contributed by atoms with Crippen molar-refractivity contribution in [3.05, 3.63) is 54.6 Å². The summed E-state index contributed by atoms with van der Waals surface area (Å²) >= 11 is 0. The van der Waals surface area contributed by atoms with Gasteiger partial charge >= 0.3 is 0 Å². The predicted octanol–water partition coefficient (Wildman–Crippen LogP) is 3.05. The van der Waals surface area contributed by atoms with Gasteiger partial charge in [0.15, 0.2) is 6.10 Å². The molecule has 1 amide bonds. The molecule has 2 aromatic carbocycles. The van der Waals surface area contributed by atoms with Gasteiger partial charge < -0.3 is 19.5 Å². The monoisotopic (exact) mass is 329 g/mol. The van der Waals surface area contributed by atoms with E-state index in [1.165, 1.54) is 0 Å². The minimum atomic E-state index is -0.562. The molecule has 128 valence electrons. The number of carbonyl (C=O) groups excluding carboxylic acids is 1. The van der Waals surface area contributed by atoms with Crippen LogP contribution in [0.1, 0.15) is 13.3 Å². The Kier molecular flexibility index (Phi) is 6.95. The third kappa shape index (κ3) is 5.83.